The molecule has 4 heteroatoms. The lowest BCUT2D eigenvalue weighted by Crippen LogP contribution is -2.34. The summed E-state index contributed by atoms with van der Waals surface area (Å²) in [6.07, 6.45) is 1.36. The van der Waals surface area contributed by atoms with Crippen LogP contribution in [-0.2, 0) is 4.79 Å². The second kappa shape index (κ2) is 5.94. The van der Waals surface area contributed by atoms with Gasteiger partial charge in [-0.15, -0.1) is 0 Å². The van der Waals surface area contributed by atoms with Crippen LogP contribution < -0.4 is 11.5 Å². The van der Waals surface area contributed by atoms with Crippen molar-refractivity contribution in [1.82, 2.24) is 0 Å². The van der Waals surface area contributed by atoms with Gasteiger partial charge in [0.2, 0.25) is 0 Å². The van der Waals surface area contributed by atoms with Crippen LogP contribution in [0.25, 0.3) is 0 Å². The Kier molecular flexibility index (Phi) is 5.66. The number of aliphatic carboxylic acids is 1. The maximum absolute atomic E-state index is 10.5. The zero-order chi connectivity index (χ0) is 10.4. The summed E-state index contributed by atoms with van der Waals surface area (Å²) in [5.74, 6) is -0.173. The van der Waals surface area contributed by atoms with E-state index in [-0.39, 0.29) is 0 Å². The highest BCUT2D eigenvalue weighted by Crippen LogP contribution is 2.19. The van der Waals surface area contributed by atoms with Crippen LogP contribution in [0.1, 0.15) is 26.7 Å². The van der Waals surface area contributed by atoms with Crippen LogP contribution in [0.5, 0.6) is 0 Å². The molecule has 0 amide bonds. The first kappa shape index (κ1) is 12.4. The second-order valence-electron chi connectivity index (χ2n) is 3.76. The molecule has 1 unspecified atom stereocenters. The van der Waals surface area contributed by atoms with Crippen LogP contribution in [0.3, 0.4) is 0 Å². The fourth-order valence-corrected chi connectivity index (χ4v) is 1.36. The predicted molar refractivity (Wildman–Crippen MR) is 52.2 cm³/mol. The van der Waals surface area contributed by atoms with Gasteiger partial charge in [0.25, 0.3) is 0 Å². The van der Waals surface area contributed by atoms with Crippen LogP contribution >= 0.6 is 0 Å². The third kappa shape index (κ3) is 4.85. The van der Waals surface area contributed by atoms with Gasteiger partial charge in [-0.1, -0.05) is 13.8 Å². The fraction of sp³-hybridized carbons (Fsp3) is 0.889. The van der Waals surface area contributed by atoms with Crippen molar-refractivity contribution in [2.75, 3.05) is 6.54 Å². The summed E-state index contributed by atoms with van der Waals surface area (Å²) in [5.41, 5.74) is 10.9. The average Bonchev–Trinajstić information content (AvgIpc) is 2.03. The highest BCUT2D eigenvalue weighted by molar-refractivity contribution is 5.73. The van der Waals surface area contributed by atoms with Gasteiger partial charge in [0.1, 0.15) is 6.04 Å². The molecular weight excluding hydrogens is 168 g/mol. The first-order chi connectivity index (χ1) is 5.99. The van der Waals surface area contributed by atoms with Gasteiger partial charge in [-0.2, -0.15) is 0 Å². The van der Waals surface area contributed by atoms with Gasteiger partial charge in [0.15, 0.2) is 0 Å². The Morgan fingerprint density at radius 1 is 1.46 bits per heavy atom. The number of rotatable bonds is 6. The number of hydrogen-bond acceptors (Lipinski definition) is 3. The summed E-state index contributed by atoms with van der Waals surface area (Å²) in [6.45, 7) is 4.72. The Morgan fingerprint density at radius 2 is 2.00 bits per heavy atom. The van der Waals surface area contributed by atoms with Crippen molar-refractivity contribution < 1.29 is 9.90 Å². The molecule has 0 aliphatic heterocycles. The lowest BCUT2D eigenvalue weighted by Gasteiger charge is -2.21. The van der Waals surface area contributed by atoms with Crippen molar-refractivity contribution in [2.24, 2.45) is 23.3 Å². The maximum Gasteiger partial charge on any atom is 0.320 e. The summed E-state index contributed by atoms with van der Waals surface area (Å²) in [4.78, 5) is 10.5. The highest BCUT2D eigenvalue weighted by Gasteiger charge is 2.20. The molecule has 5 N–H and O–H groups in total. The monoisotopic (exact) mass is 188 g/mol. The molecule has 4 nitrogen and oxygen atoms in total. The molecule has 0 spiro atoms. The first-order valence-electron chi connectivity index (χ1n) is 4.67. The molecule has 78 valence electrons. The van der Waals surface area contributed by atoms with Gasteiger partial charge >= 0.3 is 5.97 Å². The zero-order valence-electron chi connectivity index (χ0n) is 8.36. The maximum atomic E-state index is 10.5. The van der Waals surface area contributed by atoms with Gasteiger partial charge in [0, 0.05) is 0 Å². The van der Waals surface area contributed by atoms with Gasteiger partial charge in [0.05, 0.1) is 0 Å². The number of carboxylic acid groups (broad SMARTS) is 1. The summed E-state index contributed by atoms with van der Waals surface area (Å²) >= 11 is 0. The van der Waals surface area contributed by atoms with E-state index in [2.05, 4.69) is 13.8 Å². The summed E-state index contributed by atoms with van der Waals surface area (Å²) in [6, 6.07) is -0.751. The molecule has 0 heterocycles. The summed E-state index contributed by atoms with van der Waals surface area (Å²) < 4.78 is 0. The van der Waals surface area contributed by atoms with E-state index in [1.165, 1.54) is 0 Å². The number of carboxylic acids is 1. The SMILES string of the molecule is CC(C)C(CCN)C[C@H](N)C(=O)O. The molecule has 2 atom stereocenters. The van der Waals surface area contributed by atoms with Crippen molar-refractivity contribution in [2.45, 2.75) is 32.7 Å². The minimum atomic E-state index is -0.928. The minimum absolute atomic E-state index is 0.316. The molecule has 0 rings (SSSR count). The molecule has 0 aromatic rings. The molecule has 0 saturated heterocycles. The van der Waals surface area contributed by atoms with Crippen LogP contribution in [-0.4, -0.2) is 23.7 Å². The van der Waals surface area contributed by atoms with E-state index >= 15 is 0 Å². The van der Waals surface area contributed by atoms with E-state index in [0.717, 1.165) is 6.42 Å². The molecule has 0 saturated carbocycles. The molecular formula is C9H20N2O2. The van der Waals surface area contributed by atoms with E-state index in [4.69, 9.17) is 16.6 Å². The van der Waals surface area contributed by atoms with Crippen molar-refractivity contribution in [1.29, 1.82) is 0 Å². The predicted octanol–water partition coefficient (Wildman–Crippen LogP) is 0.409. The van der Waals surface area contributed by atoms with Crippen molar-refractivity contribution in [3.8, 4) is 0 Å². The standard InChI is InChI=1S/C9H20N2O2/c1-6(2)7(3-4-10)5-8(11)9(12)13/h6-8H,3-5,10-11H2,1-2H3,(H,12,13)/t7?,8-/m0/s1. The van der Waals surface area contributed by atoms with Gasteiger partial charge in [-0.25, -0.2) is 0 Å². The minimum Gasteiger partial charge on any atom is -0.480 e. The Bertz CT molecular complexity index is 160. The second-order valence-corrected chi connectivity index (χ2v) is 3.76. The largest absolute Gasteiger partial charge is 0.480 e. The van der Waals surface area contributed by atoms with Crippen LogP contribution in [0, 0.1) is 11.8 Å². The van der Waals surface area contributed by atoms with Crippen molar-refractivity contribution >= 4 is 5.97 Å². The third-order valence-electron chi connectivity index (χ3n) is 2.35. The highest BCUT2D eigenvalue weighted by atomic mass is 16.4. The molecule has 0 aliphatic rings. The quantitative estimate of drug-likeness (QED) is 0.563. The molecule has 0 aliphatic carbocycles. The molecule has 0 aromatic heterocycles. The Labute approximate surface area is 79.3 Å². The van der Waals surface area contributed by atoms with E-state index < -0.39 is 12.0 Å². The number of hydrogen-bond donors (Lipinski definition) is 3. The zero-order valence-corrected chi connectivity index (χ0v) is 8.36. The van der Waals surface area contributed by atoms with Crippen LogP contribution in [0.15, 0.2) is 0 Å². The molecule has 0 fully saturated rings. The number of nitrogens with two attached hydrogens (primary N) is 2. The van der Waals surface area contributed by atoms with E-state index in [9.17, 15) is 4.79 Å². The number of carbonyl (C=O) groups is 1. The topological polar surface area (TPSA) is 89.3 Å². The molecule has 0 radical (unpaired) electrons. The Morgan fingerprint density at radius 3 is 2.31 bits per heavy atom. The summed E-state index contributed by atoms with van der Waals surface area (Å²) in [7, 11) is 0. The van der Waals surface area contributed by atoms with Crippen LogP contribution in [0.2, 0.25) is 0 Å². The van der Waals surface area contributed by atoms with Gasteiger partial charge < -0.3 is 16.6 Å². The first-order valence-corrected chi connectivity index (χ1v) is 4.67. The molecule has 0 aromatic carbocycles. The molecule has 13 heavy (non-hydrogen) atoms. The van der Waals surface area contributed by atoms with Crippen LogP contribution in [0.4, 0.5) is 0 Å². The van der Waals surface area contributed by atoms with E-state index in [0.29, 0.717) is 24.8 Å². The average molecular weight is 188 g/mol. The summed E-state index contributed by atoms with van der Waals surface area (Å²) in [5, 5.41) is 8.62. The van der Waals surface area contributed by atoms with Gasteiger partial charge in [-0.3, -0.25) is 4.79 Å². The normalized spacial score (nSPS) is 15.8. The lowest BCUT2D eigenvalue weighted by atomic mass is 9.87. The van der Waals surface area contributed by atoms with Crippen molar-refractivity contribution in [3.63, 3.8) is 0 Å². The third-order valence-corrected chi connectivity index (χ3v) is 2.35. The Hall–Kier alpha value is -0.610. The lowest BCUT2D eigenvalue weighted by molar-refractivity contribution is -0.139. The Balaban J connectivity index is 4.01. The van der Waals surface area contributed by atoms with E-state index in [1.807, 2.05) is 0 Å². The fourth-order valence-electron chi connectivity index (χ4n) is 1.36. The van der Waals surface area contributed by atoms with E-state index in [1.54, 1.807) is 0 Å². The smallest absolute Gasteiger partial charge is 0.320 e. The molecule has 0 bridgehead atoms. The van der Waals surface area contributed by atoms with Gasteiger partial charge in [-0.05, 0) is 31.2 Å². The van der Waals surface area contributed by atoms with Crippen molar-refractivity contribution in [3.05, 3.63) is 0 Å².